The van der Waals surface area contributed by atoms with Gasteiger partial charge in [-0.1, -0.05) is 6.07 Å². The molecule has 2 heteroatoms. The van der Waals surface area contributed by atoms with Crippen LogP contribution in [0.2, 0.25) is 0 Å². The molecule has 0 aliphatic carbocycles. The van der Waals surface area contributed by atoms with Crippen LogP contribution in [0.15, 0.2) is 24.2 Å². The van der Waals surface area contributed by atoms with Crippen molar-refractivity contribution in [3.05, 3.63) is 35.4 Å². The van der Waals surface area contributed by atoms with Crippen LogP contribution in [0.5, 0.6) is 0 Å². The standard InChI is InChI=1S/C8H4N2/c9-5-7-2-1-3-8(4-7)6-10/h1-4H/i4D. The van der Waals surface area contributed by atoms with Gasteiger partial charge in [-0.2, -0.15) is 10.5 Å². The van der Waals surface area contributed by atoms with Crippen molar-refractivity contribution in [2.24, 2.45) is 0 Å². The minimum Gasteiger partial charge on any atom is -0.192 e. The largest absolute Gasteiger partial charge is 0.192 e. The average Bonchev–Trinajstić information content (AvgIpc) is 2.05. The lowest BCUT2D eigenvalue weighted by Crippen LogP contribution is -1.75. The van der Waals surface area contributed by atoms with Gasteiger partial charge in [0, 0.05) is 0 Å². The zero-order chi connectivity index (χ0) is 8.27. The Morgan fingerprint density at radius 3 is 2.10 bits per heavy atom. The van der Waals surface area contributed by atoms with Crippen molar-refractivity contribution in [3.8, 4) is 12.1 Å². The molecule has 10 heavy (non-hydrogen) atoms. The van der Waals surface area contributed by atoms with Crippen molar-refractivity contribution in [1.29, 1.82) is 10.5 Å². The number of benzene rings is 1. The van der Waals surface area contributed by atoms with Crippen LogP contribution in [-0.2, 0) is 0 Å². The number of hydrogen-bond acceptors (Lipinski definition) is 2. The maximum atomic E-state index is 8.46. The van der Waals surface area contributed by atoms with E-state index in [2.05, 4.69) is 0 Å². The van der Waals surface area contributed by atoms with E-state index in [0.717, 1.165) is 0 Å². The lowest BCUT2D eigenvalue weighted by Gasteiger charge is -1.86. The van der Waals surface area contributed by atoms with Crippen molar-refractivity contribution in [3.63, 3.8) is 0 Å². The summed E-state index contributed by atoms with van der Waals surface area (Å²) in [5, 5.41) is 16.9. The van der Waals surface area contributed by atoms with Crippen LogP contribution in [-0.4, -0.2) is 0 Å². The summed E-state index contributed by atoms with van der Waals surface area (Å²) in [6, 6.07) is 8.30. The molecular formula is C8H4N2. The first-order chi connectivity index (χ1) is 5.29. The maximum Gasteiger partial charge on any atom is 0.0992 e. The number of rotatable bonds is 0. The number of hydrogen-bond donors (Lipinski definition) is 0. The summed E-state index contributed by atoms with van der Waals surface area (Å²) in [6.45, 7) is 0. The summed E-state index contributed by atoms with van der Waals surface area (Å²) in [4.78, 5) is 0. The van der Waals surface area contributed by atoms with E-state index >= 15 is 0 Å². The number of nitrogens with zero attached hydrogens (tertiary/aromatic N) is 2. The molecule has 0 unspecified atom stereocenters. The molecule has 1 aromatic rings. The van der Waals surface area contributed by atoms with Crippen LogP contribution in [0.1, 0.15) is 12.5 Å². The van der Waals surface area contributed by atoms with Crippen molar-refractivity contribution < 1.29 is 1.37 Å². The Kier molecular flexibility index (Phi) is 1.34. The maximum absolute atomic E-state index is 8.46. The Balaban J connectivity index is 3.38. The van der Waals surface area contributed by atoms with E-state index in [0.29, 0.717) is 0 Å². The minimum absolute atomic E-state index is 0.0116. The Hall–Kier alpha value is -1.80. The topological polar surface area (TPSA) is 47.6 Å². The van der Waals surface area contributed by atoms with Gasteiger partial charge in [0.2, 0.25) is 0 Å². The molecule has 0 aliphatic rings. The molecule has 0 aliphatic heterocycles. The van der Waals surface area contributed by atoms with E-state index in [1.165, 1.54) is 12.1 Å². The lowest BCUT2D eigenvalue weighted by atomic mass is 10.2. The first-order valence-electron chi connectivity index (χ1n) is 3.19. The van der Waals surface area contributed by atoms with Gasteiger partial charge in [-0.15, -0.1) is 0 Å². The molecule has 1 rings (SSSR count). The van der Waals surface area contributed by atoms with Gasteiger partial charge in [0.05, 0.1) is 24.6 Å². The van der Waals surface area contributed by atoms with Crippen molar-refractivity contribution in [1.82, 2.24) is 0 Å². The van der Waals surface area contributed by atoms with Gasteiger partial charge in [0.1, 0.15) is 0 Å². The fourth-order valence-corrected chi connectivity index (χ4v) is 0.599. The highest BCUT2D eigenvalue weighted by molar-refractivity contribution is 5.38. The SMILES string of the molecule is [2H]c1c(C#N)cccc1C#N. The van der Waals surface area contributed by atoms with Crippen LogP contribution >= 0.6 is 0 Å². The second-order valence-corrected chi connectivity index (χ2v) is 1.70. The van der Waals surface area contributed by atoms with Crippen LogP contribution in [0.25, 0.3) is 0 Å². The summed E-state index contributed by atoms with van der Waals surface area (Å²) in [6.07, 6.45) is 0. The molecule has 0 spiro atoms. The highest BCUT2D eigenvalue weighted by Crippen LogP contribution is 2.01. The van der Waals surface area contributed by atoms with E-state index in [4.69, 9.17) is 11.9 Å². The van der Waals surface area contributed by atoms with E-state index < -0.39 is 0 Å². The van der Waals surface area contributed by atoms with E-state index in [1.54, 1.807) is 6.07 Å². The minimum atomic E-state index is 0.0116. The molecule has 46 valence electrons. The predicted molar refractivity (Wildman–Crippen MR) is 35.9 cm³/mol. The van der Waals surface area contributed by atoms with Crippen LogP contribution in [0, 0.1) is 22.7 Å². The quantitative estimate of drug-likeness (QED) is 0.532. The average molecular weight is 129 g/mol. The molecule has 0 heterocycles. The fraction of sp³-hybridized carbons (Fsp3) is 0. The van der Waals surface area contributed by atoms with E-state index in [-0.39, 0.29) is 17.2 Å². The molecule has 0 saturated carbocycles. The first-order valence-corrected chi connectivity index (χ1v) is 2.69. The van der Waals surface area contributed by atoms with E-state index in [9.17, 15) is 0 Å². The summed E-state index contributed by atoms with van der Waals surface area (Å²) < 4.78 is 7.30. The van der Waals surface area contributed by atoms with Gasteiger partial charge < -0.3 is 0 Å². The molecule has 0 N–H and O–H groups in total. The fourth-order valence-electron chi connectivity index (χ4n) is 0.599. The van der Waals surface area contributed by atoms with Crippen LogP contribution in [0.3, 0.4) is 0 Å². The van der Waals surface area contributed by atoms with Gasteiger partial charge in [0.25, 0.3) is 0 Å². The Bertz CT molecular complexity index is 325. The second-order valence-electron chi connectivity index (χ2n) is 1.70. The van der Waals surface area contributed by atoms with Crippen molar-refractivity contribution in [2.75, 3.05) is 0 Å². The second kappa shape index (κ2) is 2.66. The van der Waals surface area contributed by atoms with Gasteiger partial charge in [-0.3, -0.25) is 0 Å². The van der Waals surface area contributed by atoms with Crippen LogP contribution in [0.4, 0.5) is 0 Å². The van der Waals surface area contributed by atoms with Gasteiger partial charge in [0.15, 0.2) is 0 Å². The van der Waals surface area contributed by atoms with Gasteiger partial charge in [-0.25, -0.2) is 0 Å². The molecule has 0 aromatic heterocycles. The predicted octanol–water partition coefficient (Wildman–Crippen LogP) is 1.43. The van der Waals surface area contributed by atoms with Gasteiger partial charge in [-0.05, 0) is 18.2 Å². The first kappa shape index (κ1) is 5.02. The molecule has 1 aromatic carbocycles. The van der Waals surface area contributed by atoms with Crippen molar-refractivity contribution >= 4 is 0 Å². The monoisotopic (exact) mass is 129 g/mol. The Labute approximate surface area is 60.4 Å². The highest BCUT2D eigenvalue weighted by atomic mass is 14.2. The zero-order valence-corrected chi connectivity index (χ0v) is 5.13. The summed E-state index contributed by atoms with van der Waals surface area (Å²) >= 11 is 0. The Morgan fingerprint density at radius 2 is 1.70 bits per heavy atom. The van der Waals surface area contributed by atoms with Crippen molar-refractivity contribution in [2.45, 2.75) is 0 Å². The lowest BCUT2D eigenvalue weighted by molar-refractivity contribution is 1.45. The zero-order valence-electron chi connectivity index (χ0n) is 6.13. The molecule has 0 bridgehead atoms. The summed E-state index contributed by atoms with van der Waals surface area (Å²) in [5.74, 6) is 0. The van der Waals surface area contributed by atoms with Crippen LogP contribution < -0.4 is 0 Å². The smallest absolute Gasteiger partial charge is 0.0992 e. The molecular weight excluding hydrogens is 124 g/mol. The highest BCUT2D eigenvalue weighted by Gasteiger charge is 1.90. The summed E-state index contributed by atoms with van der Waals surface area (Å²) in [5.41, 5.74) is 0.480. The molecule has 0 radical (unpaired) electrons. The Morgan fingerprint density at radius 1 is 1.20 bits per heavy atom. The molecule has 0 atom stereocenters. The molecule has 0 saturated heterocycles. The third kappa shape index (κ3) is 1.13. The van der Waals surface area contributed by atoms with Gasteiger partial charge >= 0.3 is 0 Å². The molecule has 0 fully saturated rings. The summed E-state index contributed by atoms with van der Waals surface area (Å²) in [7, 11) is 0. The molecule has 0 amide bonds. The normalized spacial score (nSPS) is 9.20. The third-order valence-electron chi connectivity index (χ3n) is 1.04. The number of nitriles is 2. The van der Waals surface area contributed by atoms with E-state index in [1.807, 2.05) is 12.1 Å². The third-order valence-corrected chi connectivity index (χ3v) is 1.04. The molecule has 2 nitrogen and oxygen atoms in total.